The number of carbonyl (C=O) groups excluding carboxylic acids is 1. The fourth-order valence-electron chi connectivity index (χ4n) is 1.96. The third-order valence-electron chi connectivity index (χ3n) is 2.70. The number of hydrogen-bond donors (Lipinski definition) is 2. The lowest BCUT2D eigenvalue weighted by atomic mass is 10.1. The van der Waals surface area contributed by atoms with Crippen LogP contribution in [0.5, 0.6) is 0 Å². The second-order valence-electron chi connectivity index (χ2n) is 4.24. The van der Waals surface area contributed by atoms with E-state index in [0.717, 1.165) is 17.2 Å². The van der Waals surface area contributed by atoms with E-state index < -0.39 is 6.04 Å². The molecule has 1 atom stereocenters. The summed E-state index contributed by atoms with van der Waals surface area (Å²) >= 11 is 0. The van der Waals surface area contributed by atoms with Gasteiger partial charge in [0.15, 0.2) is 0 Å². The molecule has 2 heterocycles. The van der Waals surface area contributed by atoms with Crippen molar-refractivity contribution in [1.82, 2.24) is 15.0 Å². The van der Waals surface area contributed by atoms with E-state index in [2.05, 4.69) is 15.3 Å². The molecule has 1 aromatic heterocycles. The Bertz CT molecular complexity index is 415. The normalized spacial score (nSPS) is 20.5. The van der Waals surface area contributed by atoms with E-state index in [0.29, 0.717) is 24.6 Å². The number of aromatic nitrogens is 2. The summed E-state index contributed by atoms with van der Waals surface area (Å²) in [4.78, 5) is 20.0. The summed E-state index contributed by atoms with van der Waals surface area (Å²) in [7, 11) is 0. The highest BCUT2D eigenvalue weighted by molar-refractivity contribution is 5.84. The van der Waals surface area contributed by atoms with Crippen molar-refractivity contribution in [1.29, 1.82) is 0 Å². The molecule has 0 aromatic carbocycles. The van der Waals surface area contributed by atoms with Crippen molar-refractivity contribution < 1.29 is 10.0 Å². The lowest BCUT2D eigenvalue weighted by Gasteiger charge is -2.28. The van der Waals surface area contributed by atoms with Crippen LogP contribution in [-0.4, -0.2) is 38.7 Å². The Balaban J connectivity index is 2.12. The van der Waals surface area contributed by atoms with Crippen molar-refractivity contribution in [3.8, 4) is 0 Å². The second-order valence-corrected chi connectivity index (χ2v) is 4.24. The minimum Gasteiger partial charge on any atom is -0.358 e. The first-order valence-corrected chi connectivity index (χ1v) is 5.65. The summed E-state index contributed by atoms with van der Waals surface area (Å²) in [6.45, 7) is 4.08. The summed E-state index contributed by atoms with van der Waals surface area (Å²) in [6, 6.07) is 1.39. The molecule has 1 amide bonds. The van der Waals surface area contributed by atoms with E-state index in [1.807, 2.05) is 6.92 Å². The number of amides is 1. The van der Waals surface area contributed by atoms with Crippen LogP contribution in [0.3, 0.4) is 0 Å². The Labute approximate surface area is 99.6 Å². The molecule has 1 aliphatic heterocycles. The van der Waals surface area contributed by atoms with Crippen molar-refractivity contribution in [2.24, 2.45) is 0 Å². The maximum Gasteiger partial charge on any atom is 0.268 e. The van der Waals surface area contributed by atoms with Crippen LogP contribution in [0.15, 0.2) is 6.07 Å². The number of anilines is 1. The third-order valence-corrected chi connectivity index (χ3v) is 2.70. The van der Waals surface area contributed by atoms with Crippen LogP contribution in [0.25, 0.3) is 0 Å². The highest BCUT2D eigenvalue weighted by atomic mass is 16.5. The first-order chi connectivity index (χ1) is 8.06. The molecule has 1 aliphatic rings. The molecule has 2 N–H and O–H groups in total. The van der Waals surface area contributed by atoms with Crippen molar-refractivity contribution in [3.63, 3.8) is 0 Å². The fourth-order valence-corrected chi connectivity index (χ4v) is 1.96. The quantitative estimate of drug-likeness (QED) is 0.745. The molecule has 0 aliphatic carbocycles. The van der Waals surface area contributed by atoms with Crippen LogP contribution in [0.2, 0.25) is 0 Å². The minimum atomic E-state index is -0.401. The smallest absolute Gasteiger partial charge is 0.268 e. The van der Waals surface area contributed by atoms with E-state index in [1.54, 1.807) is 13.0 Å². The van der Waals surface area contributed by atoms with E-state index in [1.165, 1.54) is 0 Å². The predicted octanol–water partition coefficient (Wildman–Crippen LogP) is 0.886. The maximum absolute atomic E-state index is 11.7. The van der Waals surface area contributed by atoms with Gasteiger partial charge in [-0.1, -0.05) is 0 Å². The average Bonchev–Trinajstić information content (AvgIpc) is 2.23. The molecule has 92 valence electrons. The molecule has 6 nitrogen and oxygen atoms in total. The third kappa shape index (κ3) is 2.71. The van der Waals surface area contributed by atoms with Gasteiger partial charge in [-0.25, -0.2) is 15.0 Å². The average molecular weight is 236 g/mol. The number of hydrogen-bond acceptors (Lipinski definition) is 5. The topological polar surface area (TPSA) is 78.4 Å². The summed E-state index contributed by atoms with van der Waals surface area (Å²) in [5.41, 5.74) is 0.851. The van der Waals surface area contributed by atoms with Crippen LogP contribution in [0.1, 0.15) is 24.4 Å². The molecule has 2 rings (SSSR count). The van der Waals surface area contributed by atoms with E-state index in [9.17, 15) is 10.0 Å². The van der Waals surface area contributed by atoms with Gasteiger partial charge in [0.2, 0.25) is 0 Å². The molecule has 0 saturated carbocycles. The molecule has 0 radical (unpaired) electrons. The van der Waals surface area contributed by atoms with Gasteiger partial charge in [-0.15, -0.1) is 0 Å². The Morgan fingerprint density at radius 2 is 2.24 bits per heavy atom. The molecule has 0 bridgehead atoms. The van der Waals surface area contributed by atoms with Crippen LogP contribution in [0, 0.1) is 13.8 Å². The number of nitrogens with zero attached hydrogens (tertiary/aromatic N) is 3. The van der Waals surface area contributed by atoms with Gasteiger partial charge in [-0.3, -0.25) is 10.0 Å². The number of hydroxylamine groups is 2. The number of piperidine rings is 1. The molecular formula is C11H16N4O2. The van der Waals surface area contributed by atoms with Crippen molar-refractivity contribution in [3.05, 3.63) is 17.6 Å². The first kappa shape index (κ1) is 11.8. The Kier molecular flexibility index (Phi) is 3.23. The molecule has 1 unspecified atom stereocenters. The van der Waals surface area contributed by atoms with Gasteiger partial charge >= 0.3 is 0 Å². The van der Waals surface area contributed by atoms with Gasteiger partial charge in [-0.05, 0) is 26.7 Å². The SMILES string of the molecule is Cc1cc(NC2CCCN(O)C2=O)nc(C)n1. The summed E-state index contributed by atoms with van der Waals surface area (Å²) in [5.74, 6) is 0.991. The van der Waals surface area contributed by atoms with Gasteiger partial charge in [0.25, 0.3) is 5.91 Å². The molecule has 1 fully saturated rings. The Hall–Kier alpha value is -1.69. The number of aryl methyl sites for hydroxylation is 2. The monoisotopic (exact) mass is 236 g/mol. The van der Waals surface area contributed by atoms with Gasteiger partial charge in [0, 0.05) is 18.3 Å². The standard InChI is InChI=1S/C11H16N4O2/c1-7-6-10(13-8(2)12-7)14-9-4-3-5-15(17)11(9)16/h6,9,17H,3-5H2,1-2H3,(H,12,13,14). The summed E-state index contributed by atoms with van der Waals surface area (Å²) in [6.07, 6.45) is 1.49. The van der Waals surface area contributed by atoms with E-state index in [-0.39, 0.29) is 5.91 Å². The van der Waals surface area contributed by atoms with Gasteiger partial charge in [-0.2, -0.15) is 0 Å². The molecule has 17 heavy (non-hydrogen) atoms. The highest BCUT2D eigenvalue weighted by Crippen LogP contribution is 2.15. The van der Waals surface area contributed by atoms with Crippen LogP contribution >= 0.6 is 0 Å². The van der Waals surface area contributed by atoms with Gasteiger partial charge in [0.05, 0.1) is 0 Å². The second kappa shape index (κ2) is 4.67. The van der Waals surface area contributed by atoms with Gasteiger partial charge < -0.3 is 5.32 Å². The Morgan fingerprint density at radius 1 is 1.47 bits per heavy atom. The van der Waals surface area contributed by atoms with Crippen molar-refractivity contribution >= 4 is 11.7 Å². The van der Waals surface area contributed by atoms with Crippen LogP contribution in [-0.2, 0) is 4.79 Å². The largest absolute Gasteiger partial charge is 0.358 e. The first-order valence-electron chi connectivity index (χ1n) is 5.65. The van der Waals surface area contributed by atoms with Gasteiger partial charge in [0.1, 0.15) is 17.7 Å². The zero-order valence-corrected chi connectivity index (χ0v) is 9.97. The van der Waals surface area contributed by atoms with Crippen molar-refractivity contribution in [2.75, 3.05) is 11.9 Å². The summed E-state index contributed by atoms with van der Waals surface area (Å²) in [5, 5.41) is 13.2. The fraction of sp³-hybridized carbons (Fsp3) is 0.545. The Morgan fingerprint density at radius 3 is 2.94 bits per heavy atom. The van der Waals surface area contributed by atoms with Crippen LogP contribution < -0.4 is 5.32 Å². The lowest BCUT2D eigenvalue weighted by molar-refractivity contribution is -0.170. The lowest BCUT2D eigenvalue weighted by Crippen LogP contribution is -2.46. The predicted molar refractivity (Wildman–Crippen MR) is 61.7 cm³/mol. The number of rotatable bonds is 2. The van der Waals surface area contributed by atoms with Crippen LogP contribution in [0.4, 0.5) is 5.82 Å². The zero-order chi connectivity index (χ0) is 12.4. The molecule has 6 heteroatoms. The van der Waals surface area contributed by atoms with Crippen molar-refractivity contribution in [2.45, 2.75) is 32.7 Å². The minimum absolute atomic E-state index is 0.301. The molecule has 1 aromatic rings. The molecular weight excluding hydrogens is 220 g/mol. The highest BCUT2D eigenvalue weighted by Gasteiger charge is 2.27. The summed E-state index contributed by atoms with van der Waals surface area (Å²) < 4.78 is 0. The van der Waals surface area contributed by atoms with E-state index >= 15 is 0 Å². The zero-order valence-electron chi connectivity index (χ0n) is 9.97. The maximum atomic E-state index is 11.7. The number of carbonyl (C=O) groups is 1. The molecule has 1 saturated heterocycles. The number of nitrogens with one attached hydrogen (secondary N) is 1. The molecule has 0 spiro atoms. The van der Waals surface area contributed by atoms with E-state index in [4.69, 9.17) is 0 Å².